The van der Waals surface area contributed by atoms with Crippen LogP contribution in [0.15, 0.2) is 24.5 Å². The molecule has 0 amide bonds. The van der Waals surface area contributed by atoms with Gasteiger partial charge >= 0.3 is 5.97 Å². The van der Waals surface area contributed by atoms with Crippen LogP contribution in [-0.2, 0) is 16.1 Å². The number of aliphatic carboxylic acids is 1. The van der Waals surface area contributed by atoms with Gasteiger partial charge in [-0.3, -0.25) is 4.98 Å². The van der Waals surface area contributed by atoms with Gasteiger partial charge in [-0.1, -0.05) is 0 Å². The average Bonchev–Trinajstić information content (AvgIpc) is 2.19. The van der Waals surface area contributed by atoms with E-state index >= 15 is 0 Å². The number of carbonyl (C=O) groups is 1. The van der Waals surface area contributed by atoms with E-state index in [4.69, 9.17) is 9.84 Å². The maximum Gasteiger partial charge on any atom is 0.337 e. The third kappa shape index (κ3) is 3.65. The van der Waals surface area contributed by atoms with E-state index in [1.807, 2.05) is 0 Å². The van der Waals surface area contributed by atoms with Crippen molar-refractivity contribution in [2.75, 3.05) is 6.61 Å². The molecular weight excluding hydrogens is 198 g/mol. The zero-order valence-electron chi connectivity index (χ0n) is 8.38. The summed E-state index contributed by atoms with van der Waals surface area (Å²) in [6, 6.07) is 3.52. The first-order valence-corrected chi connectivity index (χ1v) is 4.45. The quantitative estimate of drug-likeness (QED) is 0.738. The molecule has 0 saturated heterocycles. The normalized spacial score (nSPS) is 14.5. The van der Waals surface area contributed by atoms with Gasteiger partial charge in [-0.2, -0.15) is 0 Å². The third-order valence-electron chi connectivity index (χ3n) is 1.86. The summed E-state index contributed by atoms with van der Waals surface area (Å²) in [6.07, 6.45) is 3.24. The van der Waals surface area contributed by atoms with E-state index in [0.29, 0.717) is 0 Å². The number of rotatable bonds is 5. The van der Waals surface area contributed by atoms with Crippen molar-refractivity contribution in [1.29, 1.82) is 0 Å². The van der Waals surface area contributed by atoms with Gasteiger partial charge in [0, 0.05) is 12.4 Å². The van der Waals surface area contributed by atoms with Crippen LogP contribution < -0.4 is 0 Å². The van der Waals surface area contributed by atoms with Gasteiger partial charge in [0.2, 0.25) is 0 Å². The van der Waals surface area contributed by atoms with Crippen molar-refractivity contribution in [2.24, 2.45) is 0 Å². The van der Waals surface area contributed by atoms with E-state index in [1.54, 1.807) is 24.5 Å². The monoisotopic (exact) mass is 211 g/mol. The molecule has 5 heteroatoms. The van der Waals surface area contributed by atoms with E-state index in [9.17, 15) is 9.90 Å². The number of nitrogens with zero attached hydrogens (tertiary/aromatic N) is 1. The molecular formula is C10H13NO4. The summed E-state index contributed by atoms with van der Waals surface area (Å²) in [6.45, 7) is 1.21. The molecule has 1 heterocycles. The lowest BCUT2D eigenvalue weighted by Gasteiger charge is -2.17. The average molecular weight is 211 g/mol. The number of aliphatic hydroxyl groups is 1. The number of ether oxygens (including phenoxy) is 1. The van der Waals surface area contributed by atoms with Crippen LogP contribution in [0.2, 0.25) is 0 Å². The highest BCUT2D eigenvalue weighted by Crippen LogP contribution is 2.06. The molecule has 5 nitrogen and oxygen atoms in total. The van der Waals surface area contributed by atoms with Crippen molar-refractivity contribution < 1.29 is 19.7 Å². The second-order valence-corrected chi connectivity index (χ2v) is 3.43. The maximum atomic E-state index is 10.5. The number of carboxylic acids is 1. The molecule has 1 aromatic heterocycles. The smallest absolute Gasteiger partial charge is 0.337 e. The van der Waals surface area contributed by atoms with Crippen LogP contribution in [-0.4, -0.2) is 33.4 Å². The first-order valence-electron chi connectivity index (χ1n) is 4.45. The lowest BCUT2D eigenvalue weighted by Crippen LogP contribution is -2.39. The molecule has 0 aromatic carbocycles. The zero-order chi connectivity index (χ0) is 11.3. The van der Waals surface area contributed by atoms with Gasteiger partial charge < -0.3 is 14.9 Å². The highest BCUT2D eigenvalue weighted by atomic mass is 16.5. The Morgan fingerprint density at radius 3 is 2.67 bits per heavy atom. The van der Waals surface area contributed by atoms with Crippen LogP contribution in [0.3, 0.4) is 0 Å². The summed E-state index contributed by atoms with van der Waals surface area (Å²) in [4.78, 5) is 14.4. The molecule has 0 bridgehead atoms. The molecule has 82 valence electrons. The van der Waals surface area contributed by atoms with Crippen molar-refractivity contribution in [2.45, 2.75) is 19.1 Å². The van der Waals surface area contributed by atoms with Crippen LogP contribution in [0.4, 0.5) is 0 Å². The molecule has 1 rings (SSSR count). The minimum absolute atomic E-state index is 0.245. The fraction of sp³-hybridized carbons (Fsp3) is 0.400. The Labute approximate surface area is 87.3 Å². The van der Waals surface area contributed by atoms with Crippen LogP contribution in [0.25, 0.3) is 0 Å². The molecule has 0 radical (unpaired) electrons. The maximum absolute atomic E-state index is 10.5. The minimum atomic E-state index is -1.84. The summed E-state index contributed by atoms with van der Waals surface area (Å²) in [7, 11) is 0. The van der Waals surface area contributed by atoms with Gasteiger partial charge in [-0.25, -0.2) is 4.79 Å². The Morgan fingerprint density at radius 1 is 1.53 bits per heavy atom. The molecule has 1 aromatic rings. The molecule has 0 spiro atoms. The topological polar surface area (TPSA) is 79.7 Å². The summed E-state index contributed by atoms with van der Waals surface area (Å²) in [5, 5.41) is 17.9. The number of hydrogen-bond donors (Lipinski definition) is 2. The van der Waals surface area contributed by atoms with Crippen LogP contribution in [0.5, 0.6) is 0 Å². The first-order chi connectivity index (χ1) is 7.02. The predicted molar refractivity (Wildman–Crippen MR) is 52.2 cm³/mol. The number of hydrogen-bond acceptors (Lipinski definition) is 4. The second-order valence-electron chi connectivity index (χ2n) is 3.43. The molecule has 15 heavy (non-hydrogen) atoms. The summed E-state index contributed by atoms with van der Waals surface area (Å²) >= 11 is 0. The molecule has 0 saturated carbocycles. The fourth-order valence-electron chi connectivity index (χ4n) is 0.908. The SMILES string of the molecule is CC(O)(COCc1ccncc1)C(=O)O. The lowest BCUT2D eigenvalue weighted by atomic mass is 10.1. The Kier molecular flexibility index (Phi) is 3.76. The first kappa shape index (κ1) is 11.6. The summed E-state index contributed by atoms with van der Waals surface area (Å²) in [5.41, 5.74) is -0.960. The Bertz CT molecular complexity index is 323. The second kappa shape index (κ2) is 4.86. The largest absolute Gasteiger partial charge is 0.479 e. The van der Waals surface area contributed by atoms with Gasteiger partial charge in [-0.15, -0.1) is 0 Å². The van der Waals surface area contributed by atoms with Crippen LogP contribution >= 0.6 is 0 Å². The van der Waals surface area contributed by atoms with Gasteiger partial charge in [0.1, 0.15) is 0 Å². The molecule has 1 atom stereocenters. The molecule has 0 fully saturated rings. The molecule has 0 aliphatic carbocycles. The Morgan fingerprint density at radius 2 is 2.13 bits per heavy atom. The summed E-state index contributed by atoms with van der Waals surface area (Å²) in [5.74, 6) is -1.29. The van der Waals surface area contributed by atoms with Crippen molar-refractivity contribution >= 4 is 5.97 Å². The van der Waals surface area contributed by atoms with Gasteiger partial charge in [0.25, 0.3) is 0 Å². The van der Waals surface area contributed by atoms with Crippen molar-refractivity contribution in [3.05, 3.63) is 30.1 Å². The number of pyridine rings is 1. The summed E-state index contributed by atoms with van der Waals surface area (Å²) < 4.78 is 5.09. The van der Waals surface area contributed by atoms with Gasteiger partial charge in [0.15, 0.2) is 5.60 Å². The van der Waals surface area contributed by atoms with E-state index in [-0.39, 0.29) is 13.2 Å². The molecule has 0 aliphatic rings. The predicted octanol–water partition coefficient (Wildman–Crippen LogP) is 0.434. The molecule has 0 aliphatic heterocycles. The van der Waals surface area contributed by atoms with E-state index in [0.717, 1.165) is 5.56 Å². The van der Waals surface area contributed by atoms with Crippen LogP contribution in [0, 0.1) is 0 Å². The highest BCUT2D eigenvalue weighted by molar-refractivity contribution is 5.76. The van der Waals surface area contributed by atoms with Gasteiger partial charge in [0.05, 0.1) is 13.2 Å². The zero-order valence-corrected chi connectivity index (χ0v) is 8.38. The standard InChI is InChI=1S/C10H13NO4/c1-10(14,9(12)13)7-15-6-8-2-4-11-5-3-8/h2-5,14H,6-7H2,1H3,(H,12,13). The number of carboxylic acid groups (broad SMARTS) is 1. The van der Waals surface area contributed by atoms with E-state index in [2.05, 4.69) is 4.98 Å². The van der Waals surface area contributed by atoms with E-state index < -0.39 is 11.6 Å². The van der Waals surface area contributed by atoms with Crippen LogP contribution in [0.1, 0.15) is 12.5 Å². The Hall–Kier alpha value is -1.46. The highest BCUT2D eigenvalue weighted by Gasteiger charge is 2.29. The third-order valence-corrected chi connectivity index (χ3v) is 1.86. The fourth-order valence-corrected chi connectivity index (χ4v) is 0.908. The lowest BCUT2D eigenvalue weighted by molar-refractivity contribution is -0.163. The van der Waals surface area contributed by atoms with Crippen molar-refractivity contribution in [3.63, 3.8) is 0 Å². The molecule has 1 unspecified atom stereocenters. The van der Waals surface area contributed by atoms with Crippen molar-refractivity contribution in [3.8, 4) is 0 Å². The molecule has 2 N–H and O–H groups in total. The van der Waals surface area contributed by atoms with Gasteiger partial charge in [-0.05, 0) is 24.6 Å². The number of aromatic nitrogens is 1. The Balaban J connectivity index is 2.37. The van der Waals surface area contributed by atoms with E-state index in [1.165, 1.54) is 6.92 Å². The van der Waals surface area contributed by atoms with Crippen molar-refractivity contribution in [1.82, 2.24) is 4.98 Å². The minimum Gasteiger partial charge on any atom is -0.479 e.